The monoisotopic (exact) mass is 546 g/mol. The van der Waals surface area contributed by atoms with Gasteiger partial charge in [0.05, 0.1) is 41.6 Å². The number of aryl methyl sites for hydroxylation is 1. The van der Waals surface area contributed by atoms with Crippen LogP contribution >= 0.6 is 0 Å². The fourth-order valence-electron chi connectivity index (χ4n) is 5.80. The molecule has 2 aromatic carbocycles. The van der Waals surface area contributed by atoms with Gasteiger partial charge in [-0.3, -0.25) is 19.8 Å². The second kappa shape index (κ2) is 11.9. The molecule has 0 saturated heterocycles. The van der Waals surface area contributed by atoms with Crippen LogP contribution in [0, 0.1) is 0 Å². The van der Waals surface area contributed by atoms with Crippen LogP contribution in [0.15, 0.2) is 91.3 Å². The first-order chi connectivity index (χ1) is 20.0. The maximum absolute atomic E-state index is 11.9. The Hall–Kier alpha value is -4.56. The summed E-state index contributed by atoms with van der Waals surface area (Å²) in [5.74, 6) is 1.02. The minimum absolute atomic E-state index is 0.247. The molecule has 0 fully saturated rings. The number of imidazole rings is 1. The minimum Gasteiger partial charge on any atom is -0.465 e. The van der Waals surface area contributed by atoms with Crippen LogP contribution in [0.25, 0.3) is 11.0 Å². The predicted molar refractivity (Wildman–Crippen MR) is 158 cm³/mol. The number of aromatic nitrogens is 4. The summed E-state index contributed by atoms with van der Waals surface area (Å²) in [7, 11) is 2.17. The van der Waals surface area contributed by atoms with Crippen molar-refractivity contribution in [2.75, 3.05) is 7.05 Å². The number of rotatable bonds is 9. The third-order valence-electron chi connectivity index (χ3n) is 7.91. The molecular formula is C33H34N6O2. The number of para-hydroxylation sites is 2. The summed E-state index contributed by atoms with van der Waals surface area (Å²) >= 11 is 0. The maximum Gasteiger partial charge on any atom is 0.407 e. The van der Waals surface area contributed by atoms with Crippen molar-refractivity contribution in [3.8, 4) is 0 Å². The Morgan fingerprint density at radius 2 is 1.68 bits per heavy atom. The van der Waals surface area contributed by atoms with Crippen molar-refractivity contribution in [2.45, 2.75) is 51.5 Å². The first-order valence-corrected chi connectivity index (χ1v) is 14.1. The topological polar surface area (TPSA) is 87.4 Å². The Labute approximate surface area is 239 Å². The molecule has 8 heteroatoms. The van der Waals surface area contributed by atoms with Gasteiger partial charge in [-0.1, -0.05) is 48.5 Å². The molecule has 0 saturated carbocycles. The maximum atomic E-state index is 11.9. The quantitative estimate of drug-likeness (QED) is 0.242. The Morgan fingerprint density at radius 3 is 2.49 bits per heavy atom. The van der Waals surface area contributed by atoms with Crippen LogP contribution in [0.2, 0.25) is 0 Å². The van der Waals surface area contributed by atoms with E-state index in [-0.39, 0.29) is 12.6 Å². The normalized spacial score (nSPS) is 14.7. The van der Waals surface area contributed by atoms with E-state index >= 15 is 0 Å². The number of benzene rings is 2. The van der Waals surface area contributed by atoms with Gasteiger partial charge in [-0.25, -0.2) is 9.78 Å². The lowest BCUT2D eigenvalue weighted by Gasteiger charge is -2.32. The molecule has 208 valence electrons. The lowest BCUT2D eigenvalue weighted by atomic mass is 9.91. The van der Waals surface area contributed by atoms with Crippen molar-refractivity contribution in [2.24, 2.45) is 0 Å². The molecule has 1 aliphatic rings. The van der Waals surface area contributed by atoms with Crippen molar-refractivity contribution in [3.05, 3.63) is 125 Å². The Bertz CT molecular complexity index is 1630. The van der Waals surface area contributed by atoms with Crippen LogP contribution in [0.3, 0.4) is 0 Å². The van der Waals surface area contributed by atoms with Crippen LogP contribution in [-0.2, 0) is 32.6 Å². The molecule has 0 bridgehead atoms. The Balaban J connectivity index is 1.20. The number of pyridine rings is 2. The van der Waals surface area contributed by atoms with Crippen molar-refractivity contribution in [1.82, 2.24) is 29.3 Å². The summed E-state index contributed by atoms with van der Waals surface area (Å²) in [6, 6.07) is 26.5. The van der Waals surface area contributed by atoms with E-state index in [9.17, 15) is 9.90 Å². The van der Waals surface area contributed by atoms with Gasteiger partial charge in [0, 0.05) is 25.5 Å². The minimum atomic E-state index is -0.964. The number of amides is 1. The molecule has 5 aromatic rings. The lowest BCUT2D eigenvalue weighted by molar-refractivity contribution is 0.138. The van der Waals surface area contributed by atoms with E-state index in [0.717, 1.165) is 52.9 Å². The van der Waals surface area contributed by atoms with Gasteiger partial charge in [-0.2, -0.15) is 0 Å². The first kappa shape index (κ1) is 26.7. The van der Waals surface area contributed by atoms with E-state index in [4.69, 9.17) is 9.97 Å². The van der Waals surface area contributed by atoms with Crippen molar-refractivity contribution >= 4 is 17.1 Å². The van der Waals surface area contributed by atoms with Gasteiger partial charge in [0.25, 0.3) is 0 Å². The zero-order valence-electron chi connectivity index (χ0n) is 23.2. The summed E-state index contributed by atoms with van der Waals surface area (Å²) in [6.45, 7) is 1.94. The summed E-state index contributed by atoms with van der Waals surface area (Å²) in [5.41, 5.74) is 7.44. The number of nitrogens with zero attached hydrogens (tertiary/aromatic N) is 6. The highest BCUT2D eigenvalue weighted by atomic mass is 16.4. The fraction of sp³-hybridized carbons (Fsp3) is 0.273. The highest BCUT2D eigenvalue weighted by Gasteiger charge is 2.26. The summed E-state index contributed by atoms with van der Waals surface area (Å²) in [4.78, 5) is 29.7. The second-order valence-corrected chi connectivity index (χ2v) is 10.8. The van der Waals surface area contributed by atoms with Crippen LogP contribution in [0.1, 0.15) is 52.8 Å². The second-order valence-electron chi connectivity index (χ2n) is 10.8. The van der Waals surface area contributed by atoms with Crippen LogP contribution < -0.4 is 0 Å². The largest absolute Gasteiger partial charge is 0.465 e. The fourth-order valence-corrected chi connectivity index (χ4v) is 5.80. The zero-order valence-corrected chi connectivity index (χ0v) is 23.2. The van der Waals surface area contributed by atoms with Crippen molar-refractivity contribution < 1.29 is 9.90 Å². The summed E-state index contributed by atoms with van der Waals surface area (Å²) in [5, 5.41) is 9.75. The van der Waals surface area contributed by atoms with Crippen LogP contribution in [0.4, 0.5) is 4.79 Å². The third-order valence-corrected chi connectivity index (χ3v) is 7.91. The molecule has 0 radical (unpaired) electrons. The number of hydrogen-bond donors (Lipinski definition) is 1. The van der Waals surface area contributed by atoms with E-state index < -0.39 is 6.09 Å². The Morgan fingerprint density at radius 1 is 0.902 bits per heavy atom. The molecule has 1 N–H and O–H groups in total. The molecular weight excluding hydrogens is 512 g/mol. The predicted octanol–water partition coefficient (Wildman–Crippen LogP) is 6.06. The standard InChI is InChI=1S/C33H34N6O2/c1-37(30-13-6-8-26-9-7-19-35-32(26)30)23-31-36-28-11-2-3-12-29(28)39(31)21-25-16-14-24(15-17-25)20-38(33(40)41)22-27-10-4-5-18-34-27/h2-5,7,9-12,14-19,30H,6,8,13,20-23H2,1H3,(H,40,41). The molecule has 1 unspecified atom stereocenters. The van der Waals surface area contributed by atoms with Gasteiger partial charge >= 0.3 is 6.09 Å². The van der Waals surface area contributed by atoms with E-state index in [2.05, 4.69) is 57.9 Å². The van der Waals surface area contributed by atoms with Crippen LogP contribution in [-0.4, -0.2) is 47.6 Å². The van der Waals surface area contributed by atoms with Gasteiger partial charge in [-0.05, 0) is 73.3 Å². The number of carbonyl (C=O) groups is 1. The molecule has 0 aliphatic heterocycles. The van der Waals surface area contributed by atoms with Crippen LogP contribution in [0.5, 0.6) is 0 Å². The number of fused-ring (bicyclic) bond motifs is 2. The highest BCUT2D eigenvalue weighted by molar-refractivity contribution is 5.76. The number of hydrogen-bond acceptors (Lipinski definition) is 5. The molecule has 8 nitrogen and oxygen atoms in total. The lowest BCUT2D eigenvalue weighted by Crippen LogP contribution is -2.29. The molecule has 3 heterocycles. The molecule has 0 spiro atoms. The molecule has 1 amide bonds. The summed E-state index contributed by atoms with van der Waals surface area (Å²) < 4.78 is 2.30. The van der Waals surface area contributed by atoms with Gasteiger partial charge in [0.15, 0.2) is 0 Å². The Kier molecular flexibility index (Phi) is 7.73. The average molecular weight is 547 g/mol. The number of carboxylic acid groups (broad SMARTS) is 1. The average Bonchev–Trinajstić information content (AvgIpc) is 3.34. The molecule has 41 heavy (non-hydrogen) atoms. The molecule has 3 aromatic heterocycles. The van der Waals surface area contributed by atoms with E-state index in [0.29, 0.717) is 19.6 Å². The van der Waals surface area contributed by atoms with E-state index in [1.54, 1.807) is 6.20 Å². The van der Waals surface area contributed by atoms with Gasteiger partial charge in [0.2, 0.25) is 0 Å². The van der Waals surface area contributed by atoms with Crippen molar-refractivity contribution in [3.63, 3.8) is 0 Å². The molecule has 6 rings (SSSR count). The van der Waals surface area contributed by atoms with Gasteiger partial charge < -0.3 is 9.67 Å². The highest BCUT2D eigenvalue weighted by Crippen LogP contribution is 2.33. The smallest absolute Gasteiger partial charge is 0.407 e. The van der Waals surface area contributed by atoms with Gasteiger partial charge in [-0.15, -0.1) is 0 Å². The van der Waals surface area contributed by atoms with E-state index in [1.807, 2.05) is 48.7 Å². The zero-order chi connectivity index (χ0) is 28.2. The molecule has 1 aliphatic carbocycles. The SMILES string of the molecule is CN(Cc1nc2ccccc2n1Cc1ccc(CN(Cc2ccccn2)C(=O)O)cc1)C1CCCc2cccnc21. The molecule has 1 atom stereocenters. The van der Waals surface area contributed by atoms with E-state index in [1.165, 1.54) is 16.2 Å². The third kappa shape index (κ3) is 5.98. The van der Waals surface area contributed by atoms with Gasteiger partial charge in [0.1, 0.15) is 5.82 Å². The summed E-state index contributed by atoms with van der Waals surface area (Å²) in [6.07, 6.45) is 5.97. The van der Waals surface area contributed by atoms with Crippen molar-refractivity contribution in [1.29, 1.82) is 0 Å². The first-order valence-electron chi connectivity index (χ1n) is 14.1.